The SMILES string of the molecule is O=C1/C(=C\c2ccccc2O)Oc2cc(O)ccc21. The first-order valence-electron chi connectivity index (χ1n) is 5.70. The van der Waals surface area contributed by atoms with Gasteiger partial charge in [0.2, 0.25) is 5.78 Å². The quantitative estimate of drug-likeness (QED) is 0.768. The monoisotopic (exact) mass is 254 g/mol. The number of aromatic hydroxyl groups is 2. The lowest BCUT2D eigenvalue weighted by Gasteiger charge is -2.00. The number of phenolic OH excluding ortho intramolecular Hbond substituents is 2. The van der Waals surface area contributed by atoms with E-state index in [-0.39, 0.29) is 23.0 Å². The summed E-state index contributed by atoms with van der Waals surface area (Å²) in [5.74, 6) is 0.299. The lowest BCUT2D eigenvalue weighted by Crippen LogP contribution is -1.97. The maximum absolute atomic E-state index is 12.1. The van der Waals surface area contributed by atoms with Crippen molar-refractivity contribution in [1.29, 1.82) is 0 Å². The number of hydrogen-bond donors (Lipinski definition) is 2. The van der Waals surface area contributed by atoms with E-state index < -0.39 is 0 Å². The number of benzene rings is 2. The first-order chi connectivity index (χ1) is 9.15. The van der Waals surface area contributed by atoms with Gasteiger partial charge in [0, 0.05) is 11.6 Å². The molecule has 1 aliphatic heterocycles. The Labute approximate surface area is 109 Å². The van der Waals surface area contributed by atoms with Crippen molar-refractivity contribution < 1.29 is 19.7 Å². The maximum atomic E-state index is 12.1. The van der Waals surface area contributed by atoms with Crippen LogP contribution in [0.25, 0.3) is 6.08 Å². The van der Waals surface area contributed by atoms with Crippen LogP contribution in [0.5, 0.6) is 17.2 Å². The summed E-state index contributed by atoms with van der Waals surface area (Å²) in [7, 11) is 0. The van der Waals surface area contributed by atoms with Gasteiger partial charge in [0.15, 0.2) is 5.76 Å². The molecule has 4 nitrogen and oxygen atoms in total. The molecule has 2 aromatic carbocycles. The minimum Gasteiger partial charge on any atom is -0.508 e. The second-order valence-electron chi connectivity index (χ2n) is 4.18. The Morgan fingerprint density at radius 3 is 2.63 bits per heavy atom. The van der Waals surface area contributed by atoms with Gasteiger partial charge in [0.1, 0.15) is 17.2 Å². The summed E-state index contributed by atoms with van der Waals surface area (Å²) in [5, 5.41) is 19.0. The molecule has 4 heteroatoms. The summed E-state index contributed by atoms with van der Waals surface area (Å²) in [6.45, 7) is 0. The van der Waals surface area contributed by atoms with Gasteiger partial charge in [0.05, 0.1) is 5.56 Å². The minimum absolute atomic E-state index is 0.0374. The molecule has 0 amide bonds. The van der Waals surface area contributed by atoms with Crippen LogP contribution in [0.3, 0.4) is 0 Å². The van der Waals surface area contributed by atoms with Crippen molar-refractivity contribution in [2.75, 3.05) is 0 Å². The van der Waals surface area contributed by atoms with E-state index in [2.05, 4.69) is 0 Å². The number of hydrogen-bond acceptors (Lipinski definition) is 4. The maximum Gasteiger partial charge on any atom is 0.231 e. The van der Waals surface area contributed by atoms with Crippen LogP contribution in [0.2, 0.25) is 0 Å². The second kappa shape index (κ2) is 4.17. The largest absolute Gasteiger partial charge is 0.508 e. The van der Waals surface area contributed by atoms with Crippen molar-refractivity contribution in [2.24, 2.45) is 0 Å². The van der Waals surface area contributed by atoms with Crippen LogP contribution >= 0.6 is 0 Å². The topological polar surface area (TPSA) is 66.8 Å². The first kappa shape index (κ1) is 11.3. The average molecular weight is 254 g/mol. The normalized spacial score (nSPS) is 15.4. The number of para-hydroxylation sites is 1. The highest BCUT2D eigenvalue weighted by Gasteiger charge is 2.27. The zero-order valence-electron chi connectivity index (χ0n) is 9.83. The summed E-state index contributed by atoms with van der Waals surface area (Å²) in [6, 6.07) is 11.0. The van der Waals surface area contributed by atoms with Crippen molar-refractivity contribution >= 4 is 11.9 Å². The highest BCUT2D eigenvalue weighted by atomic mass is 16.5. The van der Waals surface area contributed by atoms with Gasteiger partial charge in [-0.05, 0) is 24.3 Å². The van der Waals surface area contributed by atoms with Crippen LogP contribution < -0.4 is 4.74 Å². The van der Waals surface area contributed by atoms with Gasteiger partial charge < -0.3 is 14.9 Å². The van der Waals surface area contributed by atoms with Gasteiger partial charge in [0.25, 0.3) is 0 Å². The number of phenols is 2. The van der Waals surface area contributed by atoms with Crippen LogP contribution in [0.15, 0.2) is 48.2 Å². The molecule has 19 heavy (non-hydrogen) atoms. The van der Waals surface area contributed by atoms with Gasteiger partial charge in [-0.1, -0.05) is 18.2 Å². The number of Topliss-reactive ketones (excluding diaryl/α,β-unsaturated/α-hetero) is 1. The zero-order valence-corrected chi connectivity index (χ0v) is 9.83. The molecule has 1 heterocycles. The Morgan fingerprint density at radius 2 is 1.84 bits per heavy atom. The van der Waals surface area contributed by atoms with Crippen molar-refractivity contribution in [1.82, 2.24) is 0 Å². The molecule has 0 saturated heterocycles. The fourth-order valence-corrected chi connectivity index (χ4v) is 1.93. The smallest absolute Gasteiger partial charge is 0.231 e. The molecular formula is C15H10O4. The average Bonchev–Trinajstić information content (AvgIpc) is 2.68. The standard InChI is InChI=1S/C15H10O4/c16-10-5-6-11-13(8-10)19-14(15(11)18)7-9-3-1-2-4-12(9)17/h1-8,16-17H/b14-7+. The third kappa shape index (κ3) is 1.93. The second-order valence-corrected chi connectivity index (χ2v) is 4.18. The molecule has 2 aromatic rings. The molecule has 2 N–H and O–H groups in total. The summed E-state index contributed by atoms with van der Waals surface area (Å²) in [4.78, 5) is 12.1. The lowest BCUT2D eigenvalue weighted by atomic mass is 10.1. The number of ketones is 1. The summed E-state index contributed by atoms with van der Waals surface area (Å²) in [5.41, 5.74) is 0.905. The fourth-order valence-electron chi connectivity index (χ4n) is 1.93. The number of rotatable bonds is 1. The Bertz CT molecular complexity index is 701. The predicted molar refractivity (Wildman–Crippen MR) is 69.1 cm³/mol. The van der Waals surface area contributed by atoms with Crippen molar-refractivity contribution in [3.63, 3.8) is 0 Å². The molecule has 3 rings (SSSR count). The number of ether oxygens (including phenoxy) is 1. The Morgan fingerprint density at radius 1 is 1.05 bits per heavy atom. The summed E-state index contributed by atoms with van der Waals surface area (Å²) in [6.07, 6.45) is 1.48. The number of carbonyl (C=O) groups is 1. The van der Waals surface area contributed by atoms with Crippen LogP contribution in [0.4, 0.5) is 0 Å². The molecule has 0 aromatic heterocycles. The van der Waals surface area contributed by atoms with E-state index in [0.29, 0.717) is 16.9 Å². The van der Waals surface area contributed by atoms with Gasteiger partial charge in [-0.15, -0.1) is 0 Å². The molecule has 94 valence electrons. The molecule has 0 bridgehead atoms. The first-order valence-corrected chi connectivity index (χ1v) is 5.70. The zero-order chi connectivity index (χ0) is 13.4. The fraction of sp³-hybridized carbons (Fsp3) is 0. The van der Waals surface area contributed by atoms with Gasteiger partial charge in [-0.3, -0.25) is 4.79 Å². The molecular weight excluding hydrogens is 244 g/mol. The highest BCUT2D eigenvalue weighted by Crippen LogP contribution is 2.35. The Hall–Kier alpha value is -2.75. The lowest BCUT2D eigenvalue weighted by molar-refractivity contribution is 0.101. The molecule has 0 atom stereocenters. The molecule has 0 radical (unpaired) electrons. The van der Waals surface area contributed by atoms with Gasteiger partial charge in [-0.25, -0.2) is 0 Å². The van der Waals surface area contributed by atoms with E-state index in [1.807, 2.05) is 0 Å². The summed E-state index contributed by atoms with van der Waals surface area (Å²) < 4.78 is 5.40. The number of fused-ring (bicyclic) bond motifs is 1. The number of allylic oxidation sites excluding steroid dienone is 1. The minimum atomic E-state index is -0.266. The van der Waals surface area contributed by atoms with Crippen molar-refractivity contribution in [2.45, 2.75) is 0 Å². The third-order valence-electron chi connectivity index (χ3n) is 2.88. The number of carbonyl (C=O) groups excluding carboxylic acids is 1. The molecule has 0 fully saturated rings. The Kier molecular flexibility index (Phi) is 2.49. The summed E-state index contributed by atoms with van der Waals surface area (Å²) >= 11 is 0. The van der Waals surface area contributed by atoms with E-state index >= 15 is 0 Å². The molecule has 1 aliphatic rings. The third-order valence-corrected chi connectivity index (χ3v) is 2.88. The van der Waals surface area contributed by atoms with Crippen LogP contribution in [0.1, 0.15) is 15.9 Å². The molecule has 0 unspecified atom stereocenters. The van der Waals surface area contributed by atoms with Crippen LogP contribution in [-0.2, 0) is 0 Å². The molecule has 0 aliphatic carbocycles. The molecule has 0 saturated carbocycles. The van der Waals surface area contributed by atoms with Crippen molar-refractivity contribution in [3.8, 4) is 17.2 Å². The van der Waals surface area contributed by atoms with Crippen LogP contribution in [0, 0.1) is 0 Å². The van der Waals surface area contributed by atoms with Crippen LogP contribution in [-0.4, -0.2) is 16.0 Å². The molecule has 0 spiro atoms. The van der Waals surface area contributed by atoms with Gasteiger partial charge in [-0.2, -0.15) is 0 Å². The van der Waals surface area contributed by atoms with E-state index in [0.717, 1.165) is 0 Å². The van der Waals surface area contributed by atoms with Gasteiger partial charge >= 0.3 is 0 Å². The predicted octanol–water partition coefficient (Wildman–Crippen LogP) is 2.71. The Balaban J connectivity index is 2.02. The van der Waals surface area contributed by atoms with E-state index in [4.69, 9.17) is 4.74 Å². The van der Waals surface area contributed by atoms with E-state index in [1.165, 1.54) is 30.3 Å². The van der Waals surface area contributed by atoms with Crippen molar-refractivity contribution in [3.05, 3.63) is 59.4 Å². The highest BCUT2D eigenvalue weighted by molar-refractivity contribution is 6.14. The van der Waals surface area contributed by atoms with E-state index in [9.17, 15) is 15.0 Å². The van der Waals surface area contributed by atoms with E-state index in [1.54, 1.807) is 18.2 Å².